The zero-order valence-electron chi connectivity index (χ0n) is 13.0. The number of rotatable bonds is 2. The van der Waals surface area contributed by atoms with Crippen LogP contribution in [0.3, 0.4) is 0 Å². The van der Waals surface area contributed by atoms with Gasteiger partial charge in [-0.1, -0.05) is 6.07 Å². The fraction of sp³-hybridized carbons (Fsp3) is 0. The van der Waals surface area contributed by atoms with Crippen molar-refractivity contribution in [3.05, 3.63) is 60.6 Å². The number of nitrogens with two attached hydrogens (primary N) is 1. The molecule has 25 heavy (non-hydrogen) atoms. The zero-order chi connectivity index (χ0) is 17.4. The van der Waals surface area contributed by atoms with Gasteiger partial charge in [-0.2, -0.15) is 20.6 Å². The number of nitrogens with zero attached hydrogens (tertiary/aromatic N) is 5. The number of phenolic OH excluding ortho intramolecular Hbond substituents is 1. The maximum Gasteiger partial charge on any atom is 0.162 e. The number of nitriles is 1. The maximum atomic E-state index is 9.92. The average molecular weight is 328 g/mol. The molecule has 0 radical (unpaired) electrons. The average Bonchev–Trinajstić information content (AvgIpc) is 3.10. The molecule has 2 aromatic carbocycles. The van der Waals surface area contributed by atoms with Crippen molar-refractivity contribution >= 4 is 16.6 Å². The molecule has 0 spiro atoms. The Bertz CT molecular complexity index is 1140. The fourth-order valence-electron chi connectivity index (χ4n) is 2.72. The Morgan fingerprint density at radius 2 is 2.00 bits per heavy atom. The Morgan fingerprint density at radius 1 is 1.12 bits per heavy atom. The first-order chi connectivity index (χ1) is 12.2. The minimum absolute atomic E-state index is 0.130. The van der Waals surface area contributed by atoms with Gasteiger partial charge in [0.2, 0.25) is 0 Å². The molecule has 0 saturated heterocycles. The third-order valence-corrected chi connectivity index (χ3v) is 3.91. The van der Waals surface area contributed by atoms with E-state index < -0.39 is 0 Å². The highest BCUT2D eigenvalue weighted by Gasteiger charge is 2.12. The molecule has 2 heterocycles. The lowest BCUT2D eigenvalue weighted by Gasteiger charge is -2.11. The molecule has 4 aromatic rings. The molecule has 7 heteroatoms. The van der Waals surface area contributed by atoms with Gasteiger partial charge in [-0.25, -0.2) is 4.68 Å². The number of anilines is 1. The summed E-state index contributed by atoms with van der Waals surface area (Å²) in [5.41, 5.74) is 9.76. The molecule has 4 rings (SSSR count). The number of aromatic hydroxyl groups is 1. The van der Waals surface area contributed by atoms with E-state index in [2.05, 4.69) is 15.3 Å². The molecule has 7 nitrogen and oxygen atoms in total. The number of hydrogen-bond acceptors (Lipinski definition) is 6. The Kier molecular flexibility index (Phi) is 3.29. The monoisotopic (exact) mass is 328 g/mol. The molecule has 0 unspecified atom stereocenters. The van der Waals surface area contributed by atoms with Gasteiger partial charge in [-0.05, 0) is 42.0 Å². The van der Waals surface area contributed by atoms with Crippen LogP contribution in [0.2, 0.25) is 0 Å². The second kappa shape index (κ2) is 5.62. The van der Waals surface area contributed by atoms with Crippen LogP contribution in [0.1, 0.15) is 5.69 Å². The Labute approximate surface area is 142 Å². The highest BCUT2D eigenvalue weighted by molar-refractivity contribution is 5.93. The minimum Gasteiger partial charge on any atom is -0.508 e. The van der Waals surface area contributed by atoms with Gasteiger partial charge in [-0.3, -0.25) is 0 Å². The number of phenols is 1. The molecule has 120 valence electrons. The second-order valence-electron chi connectivity index (χ2n) is 5.49. The molecule has 0 aliphatic heterocycles. The summed E-state index contributed by atoms with van der Waals surface area (Å²) in [6.45, 7) is 0. The summed E-state index contributed by atoms with van der Waals surface area (Å²) in [6, 6.07) is 14.2. The number of hydrogen-bond donors (Lipinski definition) is 2. The van der Waals surface area contributed by atoms with Gasteiger partial charge in [0.15, 0.2) is 5.69 Å². The number of fused-ring (bicyclic) bond motifs is 1. The third kappa shape index (κ3) is 2.52. The van der Waals surface area contributed by atoms with Crippen LogP contribution in [0.5, 0.6) is 5.75 Å². The Balaban J connectivity index is 1.93. The normalized spacial score (nSPS) is 10.7. The molecule has 0 bridgehead atoms. The topological polar surface area (TPSA) is 114 Å². The molecule has 0 amide bonds. The highest BCUT2D eigenvalue weighted by Crippen LogP contribution is 2.32. The summed E-state index contributed by atoms with van der Waals surface area (Å²) in [5.74, 6) is 0.130. The van der Waals surface area contributed by atoms with E-state index in [1.807, 2.05) is 24.3 Å². The summed E-state index contributed by atoms with van der Waals surface area (Å²) < 4.78 is 1.60. The van der Waals surface area contributed by atoms with Crippen LogP contribution >= 0.6 is 0 Å². The lowest BCUT2D eigenvalue weighted by Crippen LogP contribution is -1.99. The lowest BCUT2D eigenvalue weighted by molar-refractivity contribution is 0.475. The quantitative estimate of drug-likeness (QED) is 0.585. The molecule has 2 aromatic heterocycles. The van der Waals surface area contributed by atoms with Crippen molar-refractivity contribution in [2.75, 3.05) is 5.73 Å². The predicted octanol–water partition coefficient (Wildman–Crippen LogP) is 2.64. The van der Waals surface area contributed by atoms with Crippen LogP contribution in [0.15, 0.2) is 54.9 Å². The molecule has 0 fully saturated rings. The molecule has 3 N–H and O–H groups in total. The van der Waals surface area contributed by atoms with Gasteiger partial charge >= 0.3 is 0 Å². The van der Waals surface area contributed by atoms with Crippen molar-refractivity contribution < 1.29 is 5.11 Å². The van der Waals surface area contributed by atoms with E-state index in [0.717, 1.165) is 22.2 Å². The fourth-order valence-corrected chi connectivity index (χ4v) is 2.72. The van der Waals surface area contributed by atoms with Gasteiger partial charge in [0.05, 0.1) is 23.1 Å². The van der Waals surface area contributed by atoms with Gasteiger partial charge in [0, 0.05) is 17.1 Å². The summed E-state index contributed by atoms with van der Waals surface area (Å²) in [7, 11) is 0. The number of aromatic nitrogens is 4. The zero-order valence-corrected chi connectivity index (χ0v) is 13.0. The summed E-state index contributed by atoms with van der Waals surface area (Å²) >= 11 is 0. The van der Waals surface area contributed by atoms with Crippen molar-refractivity contribution in [2.24, 2.45) is 0 Å². The van der Waals surface area contributed by atoms with Crippen LogP contribution in [0.25, 0.3) is 27.7 Å². The smallest absolute Gasteiger partial charge is 0.162 e. The number of nitrogen functional groups attached to an aromatic ring is 1. The van der Waals surface area contributed by atoms with Gasteiger partial charge < -0.3 is 10.8 Å². The van der Waals surface area contributed by atoms with Crippen LogP contribution in [-0.2, 0) is 0 Å². The molecular formula is C18H12N6O. The molecule has 0 aliphatic rings. The first-order valence-corrected chi connectivity index (χ1v) is 7.46. The van der Waals surface area contributed by atoms with Crippen molar-refractivity contribution in [3.8, 4) is 28.6 Å². The Morgan fingerprint density at radius 3 is 2.80 bits per heavy atom. The molecule has 0 saturated carbocycles. The second-order valence-corrected chi connectivity index (χ2v) is 5.49. The SMILES string of the molecule is N#Cc1ccn(-c2ccc(O)cc2-c2ccc3c(N)cnnc3c2)n1. The van der Waals surface area contributed by atoms with Gasteiger partial charge in [0.1, 0.15) is 11.8 Å². The van der Waals surface area contributed by atoms with Crippen LogP contribution in [0.4, 0.5) is 5.69 Å². The van der Waals surface area contributed by atoms with Crippen molar-refractivity contribution in [1.29, 1.82) is 5.26 Å². The van der Waals surface area contributed by atoms with E-state index in [9.17, 15) is 5.11 Å². The largest absolute Gasteiger partial charge is 0.508 e. The summed E-state index contributed by atoms with van der Waals surface area (Å²) in [4.78, 5) is 0. The Hall–Kier alpha value is -3.92. The van der Waals surface area contributed by atoms with E-state index in [1.165, 1.54) is 6.20 Å². The van der Waals surface area contributed by atoms with Gasteiger partial charge in [-0.15, -0.1) is 0 Å². The van der Waals surface area contributed by atoms with E-state index >= 15 is 0 Å². The van der Waals surface area contributed by atoms with Crippen LogP contribution in [0, 0.1) is 11.3 Å². The first-order valence-electron chi connectivity index (χ1n) is 7.46. The van der Waals surface area contributed by atoms with Gasteiger partial charge in [0.25, 0.3) is 0 Å². The highest BCUT2D eigenvalue weighted by atomic mass is 16.3. The van der Waals surface area contributed by atoms with Crippen LogP contribution in [-0.4, -0.2) is 25.1 Å². The molecular weight excluding hydrogens is 316 g/mol. The van der Waals surface area contributed by atoms with Crippen LogP contribution < -0.4 is 5.73 Å². The van der Waals surface area contributed by atoms with Crippen molar-refractivity contribution in [2.45, 2.75) is 0 Å². The standard InChI is InChI=1S/C18H12N6O/c19-9-12-5-6-24(23-12)18-4-2-13(25)8-15(18)11-1-3-14-16(20)10-21-22-17(14)7-11/h1-8,10,25H,(H2,20,22). The minimum atomic E-state index is 0.130. The van der Waals surface area contributed by atoms with Crippen molar-refractivity contribution in [1.82, 2.24) is 20.0 Å². The van der Waals surface area contributed by atoms with E-state index in [-0.39, 0.29) is 5.75 Å². The maximum absolute atomic E-state index is 9.92. The van der Waals surface area contributed by atoms with E-state index in [0.29, 0.717) is 16.9 Å². The number of benzene rings is 2. The lowest BCUT2D eigenvalue weighted by atomic mass is 10.0. The van der Waals surface area contributed by atoms with E-state index in [1.54, 1.807) is 35.1 Å². The molecule has 0 aliphatic carbocycles. The summed E-state index contributed by atoms with van der Waals surface area (Å²) in [6.07, 6.45) is 3.21. The van der Waals surface area contributed by atoms with Crippen molar-refractivity contribution in [3.63, 3.8) is 0 Å². The molecule has 0 atom stereocenters. The third-order valence-electron chi connectivity index (χ3n) is 3.91. The summed E-state index contributed by atoms with van der Waals surface area (Å²) in [5, 5.41) is 31.9. The first kappa shape index (κ1) is 14.7. The predicted molar refractivity (Wildman–Crippen MR) is 92.9 cm³/mol. The van der Waals surface area contributed by atoms with E-state index in [4.69, 9.17) is 11.0 Å².